The standard InChI is InChI=1S/C14H20N4/c1-10-9-17(2)8-7-12(10)18-13-6-4-3-5-11(13)16-14(18)15/h3-6,10,12H,7-9H2,1-2H3,(H2,15,16). The van der Waals surface area contributed by atoms with Crippen LogP contribution in [-0.4, -0.2) is 34.6 Å². The third-order valence-corrected chi connectivity index (χ3v) is 4.02. The largest absolute Gasteiger partial charge is 0.369 e. The Balaban J connectivity index is 2.06. The minimum Gasteiger partial charge on any atom is -0.369 e. The van der Waals surface area contributed by atoms with E-state index in [2.05, 4.69) is 40.6 Å². The Morgan fingerprint density at radius 3 is 2.89 bits per heavy atom. The average molecular weight is 244 g/mol. The van der Waals surface area contributed by atoms with E-state index in [1.165, 1.54) is 0 Å². The van der Waals surface area contributed by atoms with Gasteiger partial charge in [-0.25, -0.2) is 4.98 Å². The predicted molar refractivity (Wildman–Crippen MR) is 74.5 cm³/mol. The molecule has 1 aliphatic rings. The molecule has 2 atom stereocenters. The predicted octanol–water partition coefficient (Wildman–Crippen LogP) is 2.13. The minimum absolute atomic E-state index is 0.466. The molecule has 1 aromatic carbocycles. The van der Waals surface area contributed by atoms with Crippen LogP contribution in [-0.2, 0) is 0 Å². The SMILES string of the molecule is CC1CN(C)CCC1n1c(N)nc2ccccc21. The summed E-state index contributed by atoms with van der Waals surface area (Å²) in [5.41, 5.74) is 8.28. The van der Waals surface area contributed by atoms with Gasteiger partial charge in [0.15, 0.2) is 0 Å². The number of anilines is 1. The highest BCUT2D eigenvalue weighted by Crippen LogP contribution is 2.32. The number of benzene rings is 1. The second kappa shape index (κ2) is 4.28. The van der Waals surface area contributed by atoms with Gasteiger partial charge in [0.1, 0.15) is 0 Å². The molecule has 0 spiro atoms. The first kappa shape index (κ1) is 11.5. The van der Waals surface area contributed by atoms with E-state index in [1.54, 1.807) is 0 Å². The number of rotatable bonds is 1. The number of hydrogen-bond acceptors (Lipinski definition) is 3. The number of fused-ring (bicyclic) bond motifs is 1. The highest BCUT2D eigenvalue weighted by Gasteiger charge is 2.28. The zero-order chi connectivity index (χ0) is 12.7. The molecule has 4 heteroatoms. The molecule has 2 unspecified atom stereocenters. The van der Waals surface area contributed by atoms with Gasteiger partial charge < -0.3 is 15.2 Å². The fraction of sp³-hybridized carbons (Fsp3) is 0.500. The number of aromatic nitrogens is 2. The molecule has 2 heterocycles. The summed E-state index contributed by atoms with van der Waals surface area (Å²) in [6.45, 7) is 4.55. The minimum atomic E-state index is 0.466. The summed E-state index contributed by atoms with van der Waals surface area (Å²) in [6.07, 6.45) is 1.14. The van der Waals surface area contributed by atoms with E-state index >= 15 is 0 Å². The van der Waals surface area contributed by atoms with Crippen molar-refractivity contribution in [2.45, 2.75) is 19.4 Å². The second-order valence-electron chi connectivity index (χ2n) is 5.42. The van der Waals surface area contributed by atoms with Crippen LogP contribution < -0.4 is 5.73 Å². The first-order valence-electron chi connectivity index (χ1n) is 6.58. The lowest BCUT2D eigenvalue weighted by Gasteiger charge is -2.36. The maximum atomic E-state index is 6.12. The van der Waals surface area contributed by atoms with Crippen molar-refractivity contribution in [2.24, 2.45) is 5.92 Å². The quantitative estimate of drug-likeness (QED) is 0.836. The number of nitrogen functional groups attached to an aromatic ring is 1. The van der Waals surface area contributed by atoms with Crippen LogP contribution in [0, 0.1) is 5.92 Å². The zero-order valence-electron chi connectivity index (χ0n) is 11.0. The van der Waals surface area contributed by atoms with Gasteiger partial charge in [-0.3, -0.25) is 0 Å². The molecule has 0 saturated carbocycles. The Morgan fingerprint density at radius 1 is 1.33 bits per heavy atom. The number of piperidine rings is 1. The lowest BCUT2D eigenvalue weighted by molar-refractivity contribution is 0.162. The van der Waals surface area contributed by atoms with Crippen molar-refractivity contribution in [3.8, 4) is 0 Å². The molecular formula is C14H20N4. The molecular weight excluding hydrogens is 224 g/mol. The number of nitrogens with two attached hydrogens (primary N) is 1. The van der Waals surface area contributed by atoms with E-state index in [-0.39, 0.29) is 0 Å². The lowest BCUT2D eigenvalue weighted by atomic mass is 9.94. The molecule has 0 bridgehead atoms. The van der Waals surface area contributed by atoms with Gasteiger partial charge in [-0.2, -0.15) is 0 Å². The maximum Gasteiger partial charge on any atom is 0.201 e. The van der Waals surface area contributed by atoms with Crippen LogP contribution in [0.25, 0.3) is 11.0 Å². The van der Waals surface area contributed by atoms with Crippen LogP contribution >= 0.6 is 0 Å². The van der Waals surface area contributed by atoms with Crippen molar-refractivity contribution in [2.75, 3.05) is 25.9 Å². The van der Waals surface area contributed by atoms with Gasteiger partial charge in [-0.1, -0.05) is 19.1 Å². The van der Waals surface area contributed by atoms with Gasteiger partial charge in [0.25, 0.3) is 0 Å². The molecule has 1 fully saturated rings. The van der Waals surface area contributed by atoms with Crippen molar-refractivity contribution in [3.05, 3.63) is 24.3 Å². The van der Waals surface area contributed by atoms with Crippen LogP contribution in [0.3, 0.4) is 0 Å². The summed E-state index contributed by atoms with van der Waals surface area (Å²) in [5.74, 6) is 1.25. The summed E-state index contributed by atoms with van der Waals surface area (Å²) in [6, 6.07) is 8.68. The van der Waals surface area contributed by atoms with Crippen LogP contribution in [0.2, 0.25) is 0 Å². The Morgan fingerprint density at radius 2 is 2.11 bits per heavy atom. The van der Waals surface area contributed by atoms with Gasteiger partial charge in [-0.15, -0.1) is 0 Å². The topological polar surface area (TPSA) is 47.1 Å². The molecule has 18 heavy (non-hydrogen) atoms. The molecule has 4 nitrogen and oxygen atoms in total. The Hall–Kier alpha value is -1.55. The number of imidazole rings is 1. The number of likely N-dealkylation sites (tertiary alicyclic amines) is 1. The lowest BCUT2D eigenvalue weighted by Crippen LogP contribution is -2.38. The number of para-hydroxylation sites is 2. The smallest absolute Gasteiger partial charge is 0.201 e. The third kappa shape index (κ3) is 1.77. The fourth-order valence-corrected chi connectivity index (χ4v) is 3.14. The van der Waals surface area contributed by atoms with Crippen molar-refractivity contribution < 1.29 is 0 Å². The fourth-order valence-electron chi connectivity index (χ4n) is 3.14. The monoisotopic (exact) mass is 244 g/mol. The number of nitrogens with zero attached hydrogens (tertiary/aromatic N) is 3. The average Bonchev–Trinajstić information content (AvgIpc) is 2.66. The third-order valence-electron chi connectivity index (χ3n) is 4.02. The molecule has 2 N–H and O–H groups in total. The zero-order valence-corrected chi connectivity index (χ0v) is 11.0. The summed E-state index contributed by atoms with van der Waals surface area (Å²) in [4.78, 5) is 6.85. The molecule has 0 radical (unpaired) electrons. The molecule has 1 aromatic heterocycles. The first-order chi connectivity index (χ1) is 8.66. The summed E-state index contributed by atoms with van der Waals surface area (Å²) in [7, 11) is 2.18. The van der Waals surface area contributed by atoms with E-state index in [0.717, 1.165) is 30.5 Å². The number of hydrogen-bond donors (Lipinski definition) is 1. The van der Waals surface area contributed by atoms with Crippen molar-refractivity contribution >= 4 is 17.0 Å². The van der Waals surface area contributed by atoms with E-state index < -0.39 is 0 Å². The highest BCUT2D eigenvalue weighted by atomic mass is 15.2. The molecule has 1 saturated heterocycles. The summed E-state index contributed by atoms with van der Waals surface area (Å²) < 4.78 is 2.23. The Kier molecular flexibility index (Phi) is 2.74. The van der Waals surface area contributed by atoms with Gasteiger partial charge >= 0.3 is 0 Å². The van der Waals surface area contributed by atoms with E-state index in [0.29, 0.717) is 17.9 Å². The first-order valence-corrected chi connectivity index (χ1v) is 6.58. The maximum absolute atomic E-state index is 6.12. The second-order valence-corrected chi connectivity index (χ2v) is 5.42. The van der Waals surface area contributed by atoms with Crippen LogP contribution in [0.4, 0.5) is 5.95 Å². The van der Waals surface area contributed by atoms with Crippen LogP contribution in [0.1, 0.15) is 19.4 Å². The summed E-state index contributed by atoms with van der Waals surface area (Å²) >= 11 is 0. The van der Waals surface area contributed by atoms with Gasteiger partial charge in [0.2, 0.25) is 5.95 Å². The van der Waals surface area contributed by atoms with E-state index in [4.69, 9.17) is 5.73 Å². The van der Waals surface area contributed by atoms with Gasteiger partial charge in [-0.05, 0) is 38.1 Å². The normalized spacial score (nSPS) is 25.7. The molecule has 1 aliphatic heterocycles. The highest BCUT2D eigenvalue weighted by molar-refractivity contribution is 5.78. The van der Waals surface area contributed by atoms with Crippen LogP contribution in [0.15, 0.2) is 24.3 Å². The Bertz CT molecular complexity index is 560. The molecule has 0 aliphatic carbocycles. The molecule has 2 aromatic rings. The van der Waals surface area contributed by atoms with Crippen molar-refractivity contribution in [1.29, 1.82) is 0 Å². The molecule has 3 rings (SSSR count). The molecule has 0 amide bonds. The van der Waals surface area contributed by atoms with Crippen molar-refractivity contribution in [1.82, 2.24) is 14.5 Å². The van der Waals surface area contributed by atoms with Crippen LogP contribution in [0.5, 0.6) is 0 Å². The van der Waals surface area contributed by atoms with Crippen molar-refractivity contribution in [3.63, 3.8) is 0 Å². The summed E-state index contributed by atoms with van der Waals surface area (Å²) in [5, 5.41) is 0. The van der Waals surface area contributed by atoms with Gasteiger partial charge in [0, 0.05) is 12.6 Å². The van der Waals surface area contributed by atoms with E-state index in [9.17, 15) is 0 Å². The van der Waals surface area contributed by atoms with E-state index in [1.807, 2.05) is 12.1 Å². The molecule has 96 valence electrons. The Labute approximate surface area is 107 Å². The van der Waals surface area contributed by atoms with Gasteiger partial charge in [0.05, 0.1) is 11.0 Å².